The van der Waals surface area contributed by atoms with Crippen molar-refractivity contribution in [2.45, 2.75) is 18.4 Å². The number of nitrogens with zero attached hydrogens (tertiary/aromatic N) is 1. The number of para-hydroxylation sites is 2. The van der Waals surface area contributed by atoms with Gasteiger partial charge in [-0.2, -0.15) is 0 Å². The third-order valence-corrected chi connectivity index (χ3v) is 7.04. The largest absolute Gasteiger partial charge is 0.493 e. The maximum absolute atomic E-state index is 13.6. The lowest BCUT2D eigenvalue weighted by molar-refractivity contribution is -0.119. The molecule has 0 aliphatic heterocycles. The molecule has 0 saturated carbocycles. The van der Waals surface area contributed by atoms with Crippen LogP contribution in [0.4, 0.5) is 5.69 Å². The molecule has 3 rings (SSSR count). The van der Waals surface area contributed by atoms with Gasteiger partial charge in [0, 0.05) is 6.54 Å². The summed E-state index contributed by atoms with van der Waals surface area (Å²) in [5, 5.41) is 2.78. The van der Waals surface area contributed by atoms with Crippen molar-refractivity contribution in [1.82, 2.24) is 5.32 Å². The Kier molecular flexibility index (Phi) is 9.02. The van der Waals surface area contributed by atoms with Gasteiger partial charge in [0.1, 0.15) is 12.3 Å². The first-order valence-electron chi connectivity index (χ1n) is 11.2. The molecule has 0 radical (unpaired) electrons. The molecule has 192 valence electrons. The highest BCUT2D eigenvalue weighted by atomic mass is 32.2. The van der Waals surface area contributed by atoms with Gasteiger partial charge in [-0.15, -0.1) is 0 Å². The Labute approximate surface area is 211 Å². The zero-order valence-corrected chi connectivity index (χ0v) is 21.5. The van der Waals surface area contributed by atoms with Crippen molar-refractivity contribution in [1.29, 1.82) is 0 Å². The molecular weight excluding hydrogens is 484 g/mol. The number of benzene rings is 3. The third kappa shape index (κ3) is 6.01. The van der Waals surface area contributed by atoms with Crippen LogP contribution < -0.4 is 28.6 Å². The average molecular weight is 515 g/mol. The summed E-state index contributed by atoms with van der Waals surface area (Å²) in [4.78, 5) is 13.1. The second-order valence-electron chi connectivity index (χ2n) is 7.54. The van der Waals surface area contributed by atoms with Crippen molar-refractivity contribution in [3.63, 3.8) is 0 Å². The molecule has 10 heteroatoms. The predicted octanol–water partition coefficient (Wildman–Crippen LogP) is 3.62. The molecule has 1 N–H and O–H groups in total. The molecule has 3 aromatic carbocycles. The van der Waals surface area contributed by atoms with Crippen molar-refractivity contribution >= 4 is 21.6 Å². The van der Waals surface area contributed by atoms with Gasteiger partial charge in [-0.3, -0.25) is 9.10 Å². The molecular formula is C26H30N2O7S. The molecule has 1 amide bonds. The van der Waals surface area contributed by atoms with E-state index in [9.17, 15) is 13.2 Å². The summed E-state index contributed by atoms with van der Waals surface area (Å²) in [6.07, 6.45) is 0. The fraction of sp³-hybridized carbons (Fsp3) is 0.269. The highest BCUT2D eigenvalue weighted by molar-refractivity contribution is 7.92. The van der Waals surface area contributed by atoms with Crippen molar-refractivity contribution in [3.8, 4) is 23.0 Å². The lowest BCUT2D eigenvalue weighted by Crippen LogP contribution is -2.40. The molecule has 0 fully saturated rings. The molecule has 0 saturated heterocycles. The molecule has 0 atom stereocenters. The zero-order chi connectivity index (χ0) is 26.1. The van der Waals surface area contributed by atoms with Crippen LogP contribution >= 0.6 is 0 Å². The van der Waals surface area contributed by atoms with Gasteiger partial charge in [-0.1, -0.05) is 30.3 Å². The van der Waals surface area contributed by atoms with E-state index >= 15 is 0 Å². The van der Waals surface area contributed by atoms with Gasteiger partial charge in [0.05, 0.1) is 38.5 Å². The first kappa shape index (κ1) is 26.7. The average Bonchev–Trinajstić information content (AvgIpc) is 2.90. The van der Waals surface area contributed by atoms with Gasteiger partial charge in [-0.25, -0.2) is 8.42 Å². The molecule has 36 heavy (non-hydrogen) atoms. The van der Waals surface area contributed by atoms with Crippen LogP contribution in [0.25, 0.3) is 0 Å². The molecule has 9 nitrogen and oxygen atoms in total. The summed E-state index contributed by atoms with van der Waals surface area (Å²) in [5.74, 6) is 1.18. The Hall–Kier alpha value is -3.92. The van der Waals surface area contributed by atoms with E-state index in [0.29, 0.717) is 35.2 Å². The van der Waals surface area contributed by atoms with E-state index in [1.54, 1.807) is 61.5 Å². The molecule has 0 unspecified atom stereocenters. The highest BCUT2D eigenvalue weighted by Crippen LogP contribution is 2.38. The van der Waals surface area contributed by atoms with Crippen LogP contribution in [0.2, 0.25) is 0 Å². The highest BCUT2D eigenvalue weighted by Gasteiger charge is 2.29. The van der Waals surface area contributed by atoms with Crippen LogP contribution in [0.5, 0.6) is 23.0 Å². The monoisotopic (exact) mass is 514 g/mol. The number of carbonyl (C=O) groups excluding carboxylic acids is 1. The number of amides is 1. The molecule has 0 aliphatic carbocycles. The van der Waals surface area contributed by atoms with E-state index in [0.717, 1.165) is 4.31 Å². The Balaban J connectivity index is 1.89. The quantitative estimate of drug-likeness (QED) is 0.394. The molecule has 0 spiro atoms. The summed E-state index contributed by atoms with van der Waals surface area (Å²) < 4.78 is 49.9. The van der Waals surface area contributed by atoms with Crippen LogP contribution in [0.3, 0.4) is 0 Å². The van der Waals surface area contributed by atoms with Gasteiger partial charge in [-0.05, 0) is 48.9 Å². The molecule has 0 heterocycles. The number of nitrogens with one attached hydrogen (secondary N) is 1. The summed E-state index contributed by atoms with van der Waals surface area (Å²) in [6.45, 7) is 1.80. The topological polar surface area (TPSA) is 103 Å². The standard InChI is InChI=1S/C26H30N2O7S/c1-5-35-22-14-10-9-13-21(22)28(36(30,31)20-11-7-6-8-12-20)18-25(29)27-17-19-15-23(32-2)26(34-4)24(16-19)33-3/h6-16H,5,17-18H2,1-4H3,(H,27,29). The predicted molar refractivity (Wildman–Crippen MR) is 137 cm³/mol. The lowest BCUT2D eigenvalue weighted by atomic mass is 10.1. The molecule has 0 aliphatic rings. The summed E-state index contributed by atoms with van der Waals surface area (Å²) in [7, 11) is 0.440. The van der Waals surface area contributed by atoms with E-state index in [-0.39, 0.29) is 17.1 Å². The maximum Gasteiger partial charge on any atom is 0.264 e. The number of hydrogen-bond acceptors (Lipinski definition) is 7. The van der Waals surface area contributed by atoms with Gasteiger partial charge in [0.25, 0.3) is 10.0 Å². The Bertz CT molecular complexity index is 1260. The number of hydrogen-bond donors (Lipinski definition) is 1. The summed E-state index contributed by atoms with van der Waals surface area (Å²) in [6, 6.07) is 18.1. The van der Waals surface area contributed by atoms with Gasteiger partial charge in [0.2, 0.25) is 11.7 Å². The Morgan fingerprint density at radius 3 is 2.06 bits per heavy atom. The minimum Gasteiger partial charge on any atom is -0.493 e. The van der Waals surface area contributed by atoms with Crippen molar-refractivity contribution in [2.75, 3.05) is 38.8 Å². The minimum absolute atomic E-state index is 0.0636. The number of sulfonamides is 1. The summed E-state index contributed by atoms with van der Waals surface area (Å²) >= 11 is 0. The first-order chi connectivity index (χ1) is 17.3. The zero-order valence-electron chi connectivity index (χ0n) is 20.7. The van der Waals surface area contributed by atoms with E-state index in [1.807, 2.05) is 0 Å². The number of carbonyl (C=O) groups is 1. The number of ether oxygens (including phenoxy) is 4. The molecule has 0 aromatic heterocycles. The normalized spacial score (nSPS) is 10.9. The second-order valence-corrected chi connectivity index (χ2v) is 9.40. The number of anilines is 1. The van der Waals surface area contributed by atoms with Crippen LogP contribution in [-0.2, 0) is 21.4 Å². The number of methoxy groups -OCH3 is 3. The lowest BCUT2D eigenvalue weighted by Gasteiger charge is -2.26. The van der Waals surface area contributed by atoms with Crippen molar-refractivity contribution < 1.29 is 32.2 Å². The van der Waals surface area contributed by atoms with E-state index in [2.05, 4.69) is 5.32 Å². The minimum atomic E-state index is -4.07. The maximum atomic E-state index is 13.6. The van der Waals surface area contributed by atoms with Gasteiger partial charge in [0.15, 0.2) is 11.5 Å². The fourth-order valence-electron chi connectivity index (χ4n) is 3.58. The van der Waals surface area contributed by atoms with E-state index in [4.69, 9.17) is 18.9 Å². The first-order valence-corrected chi connectivity index (χ1v) is 12.6. The summed E-state index contributed by atoms with van der Waals surface area (Å²) in [5.41, 5.74) is 0.955. The van der Waals surface area contributed by atoms with Crippen molar-refractivity contribution in [3.05, 3.63) is 72.3 Å². The van der Waals surface area contributed by atoms with Gasteiger partial charge >= 0.3 is 0 Å². The van der Waals surface area contributed by atoms with E-state index < -0.39 is 22.5 Å². The number of rotatable bonds is 12. The second kappa shape index (κ2) is 12.2. The molecule has 0 bridgehead atoms. The Morgan fingerprint density at radius 1 is 0.861 bits per heavy atom. The fourth-order valence-corrected chi connectivity index (χ4v) is 5.04. The van der Waals surface area contributed by atoms with Crippen LogP contribution in [-0.4, -0.2) is 48.8 Å². The van der Waals surface area contributed by atoms with Crippen molar-refractivity contribution in [2.24, 2.45) is 0 Å². The Morgan fingerprint density at radius 2 is 1.47 bits per heavy atom. The third-order valence-electron chi connectivity index (χ3n) is 5.27. The van der Waals surface area contributed by atoms with Crippen LogP contribution in [0, 0.1) is 0 Å². The SMILES string of the molecule is CCOc1ccccc1N(CC(=O)NCc1cc(OC)c(OC)c(OC)c1)S(=O)(=O)c1ccccc1. The smallest absolute Gasteiger partial charge is 0.264 e. The van der Waals surface area contributed by atoms with Crippen LogP contribution in [0.1, 0.15) is 12.5 Å². The van der Waals surface area contributed by atoms with Crippen LogP contribution in [0.15, 0.2) is 71.6 Å². The van der Waals surface area contributed by atoms with Gasteiger partial charge < -0.3 is 24.3 Å². The molecule has 3 aromatic rings. The van der Waals surface area contributed by atoms with E-state index in [1.165, 1.54) is 33.5 Å².